The van der Waals surface area contributed by atoms with E-state index in [4.69, 9.17) is 9.84 Å². The number of ether oxygens (including phenoxy) is 1. The monoisotopic (exact) mass is 205 g/mol. The van der Waals surface area contributed by atoms with Gasteiger partial charge < -0.3 is 14.9 Å². The van der Waals surface area contributed by atoms with Crippen LogP contribution in [-0.4, -0.2) is 34.2 Å². The third kappa shape index (κ3) is 5.90. The number of nitrogens with one attached hydrogen (secondary N) is 1. The molecule has 5 nitrogen and oxygen atoms in total. The Morgan fingerprint density at radius 3 is 2.29 bits per heavy atom. The molecule has 0 aromatic heterocycles. The van der Waals surface area contributed by atoms with Crippen molar-refractivity contribution in [2.75, 3.05) is 0 Å². The second-order valence-electron chi connectivity index (χ2n) is 4.05. The Balaban J connectivity index is 4.03. The maximum absolute atomic E-state index is 10.6. The highest BCUT2D eigenvalue weighted by Gasteiger charge is 2.22. The Morgan fingerprint density at radius 1 is 1.50 bits per heavy atom. The molecule has 84 valence electrons. The molecule has 0 aromatic carbocycles. The zero-order chi connectivity index (χ0) is 11.4. The van der Waals surface area contributed by atoms with E-state index >= 15 is 0 Å². The van der Waals surface area contributed by atoms with Gasteiger partial charge in [-0.05, 0) is 27.2 Å². The average Bonchev–Trinajstić information content (AvgIpc) is 1.96. The fraction of sp³-hybridized carbons (Fsp3) is 0.889. The van der Waals surface area contributed by atoms with E-state index < -0.39 is 24.0 Å². The highest BCUT2D eigenvalue weighted by Crippen LogP contribution is 2.08. The molecule has 5 heteroatoms. The third-order valence-electron chi connectivity index (χ3n) is 1.52. The number of aliphatic hydroxyl groups is 1. The first-order valence-corrected chi connectivity index (χ1v) is 4.61. The molecule has 0 aliphatic carbocycles. The van der Waals surface area contributed by atoms with Crippen molar-refractivity contribution in [2.24, 2.45) is 0 Å². The Bertz CT molecular complexity index is 188. The molecule has 0 aliphatic heterocycles. The third-order valence-corrected chi connectivity index (χ3v) is 1.52. The van der Waals surface area contributed by atoms with Gasteiger partial charge in [0.05, 0.1) is 5.60 Å². The summed E-state index contributed by atoms with van der Waals surface area (Å²) in [5.41, 5.74) is -0.511. The smallest absolute Gasteiger partial charge is 0.320 e. The van der Waals surface area contributed by atoms with Crippen molar-refractivity contribution in [1.29, 1.82) is 0 Å². The van der Waals surface area contributed by atoms with Gasteiger partial charge >= 0.3 is 5.97 Å². The molecule has 2 atom stereocenters. The number of aliphatic carboxylic acids is 1. The van der Waals surface area contributed by atoms with E-state index in [1.54, 1.807) is 27.7 Å². The molecule has 0 saturated carbocycles. The highest BCUT2D eigenvalue weighted by molar-refractivity contribution is 5.73. The van der Waals surface area contributed by atoms with Crippen molar-refractivity contribution in [3.8, 4) is 0 Å². The molecule has 0 heterocycles. The van der Waals surface area contributed by atoms with Crippen LogP contribution in [0.5, 0.6) is 0 Å². The minimum absolute atomic E-state index is 0.389. The fourth-order valence-electron chi connectivity index (χ4n) is 0.905. The summed E-state index contributed by atoms with van der Waals surface area (Å²) in [5.74, 6) is -0.996. The molecular formula is C9H19NO4. The molecule has 0 bridgehead atoms. The molecule has 2 unspecified atom stereocenters. The van der Waals surface area contributed by atoms with Crippen LogP contribution in [0.3, 0.4) is 0 Å². The first-order valence-electron chi connectivity index (χ1n) is 4.61. The molecule has 14 heavy (non-hydrogen) atoms. The summed E-state index contributed by atoms with van der Waals surface area (Å²) >= 11 is 0. The number of carbonyl (C=O) groups is 1. The largest absolute Gasteiger partial charge is 0.480 e. The van der Waals surface area contributed by atoms with E-state index in [-0.39, 0.29) is 0 Å². The van der Waals surface area contributed by atoms with Crippen LogP contribution in [0, 0.1) is 0 Å². The van der Waals surface area contributed by atoms with Gasteiger partial charge in [-0.3, -0.25) is 10.1 Å². The minimum Gasteiger partial charge on any atom is -0.480 e. The molecule has 0 aromatic rings. The fourth-order valence-corrected chi connectivity index (χ4v) is 0.905. The maximum atomic E-state index is 10.6. The van der Waals surface area contributed by atoms with Crippen molar-refractivity contribution in [2.45, 2.75) is 52.2 Å². The SMILES string of the molecule is CCC(NC(O)OC(C)(C)C)C(=O)O. The van der Waals surface area contributed by atoms with Gasteiger partial charge in [0.1, 0.15) is 6.04 Å². The van der Waals surface area contributed by atoms with Crippen LogP contribution in [0.4, 0.5) is 0 Å². The van der Waals surface area contributed by atoms with Crippen molar-refractivity contribution in [1.82, 2.24) is 5.32 Å². The van der Waals surface area contributed by atoms with Crippen LogP contribution in [0.2, 0.25) is 0 Å². The lowest BCUT2D eigenvalue weighted by atomic mass is 10.2. The zero-order valence-electron chi connectivity index (χ0n) is 9.07. The second kappa shape index (κ2) is 5.29. The molecule has 0 spiro atoms. The van der Waals surface area contributed by atoms with Crippen molar-refractivity contribution in [3.05, 3.63) is 0 Å². The molecular weight excluding hydrogens is 186 g/mol. The van der Waals surface area contributed by atoms with Crippen LogP contribution in [-0.2, 0) is 9.53 Å². The zero-order valence-corrected chi connectivity index (χ0v) is 9.07. The second-order valence-corrected chi connectivity index (χ2v) is 4.05. The standard InChI is InChI=1S/C9H19NO4/c1-5-6(7(11)12)10-8(13)14-9(2,3)4/h6,8,10,13H,5H2,1-4H3,(H,11,12). The van der Waals surface area contributed by atoms with Gasteiger partial charge in [0.15, 0.2) is 0 Å². The molecule has 0 radical (unpaired) electrons. The molecule has 0 rings (SSSR count). The first kappa shape index (κ1) is 13.4. The van der Waals surface area contributed by atoms with Crippen LogP contribution < -0.4 is 5.32 Å². The van der Waals surface area contributed by atoms with E-state index in [0.717, 1.165) is 0 Å². The summed E-state index contributed by atoms with van der Waals surface area (Å²) < 4.78 is 5.10. The molecule has 0 saturated heterocycles. The van der Waals surface area contributed by atoms with Gasteiger partial charge in [0.2, 0.25) is 6.41 Å². The van der Waals surface area contributed by atoms with E-state index in [1.807, 2.05) is 0 Å². The van der Waals surface area contributed by atoms with Gasteiger partial charge in [0.25, 0.3) is 0 Å². The summed E-state index contributed by atoms with van der Waals surface area (Å²) in [6.07, 6.45) is -0.865. The quantitative estimate of drug-likeness (QED) is 0.571. The Morgan fingerprint density at radius 2 is 2.00 bits per heavy atom. The van der Waals surface area contributed by atoms with Gasteiger partial charge in [-0.2, -0.15) is 0 Å². The van der Waals surface area contributed by atoms with Crippen LogP contribution in [0.25, 0.3) is 0 Å². The number of carboxylic acid groups (broad SMARTS) is 1. The lowest BCUT2D eigenvalue weighted by molar-refractivity contribution is -0.189. The summed E-state index contributed by atoms with van der Waals surface area (Å²) in [6.45, 7) is 7.05. The van der Waals surface area contributed by atoms with Gasteiger partial charge in [-0.25, -0.2) is 0 Å². The van der Waals surface area contributed by atoms with E-state index in [9.17, 15) is 9.90 Å². The van der Waals surface area contributed by atoms with E-state index in [0.29, 0.717) is 6.42 Å². The Hall–Kier alpha value is -0.650. The van der Waals surface area contributed by atoms with Crippen LogP contribution in [0.15, 0.2) is 0 Å². The van der Waals surface area contributed by atoms with Crippen LogP contribution in [0.1, 0.15) is 34.1 Å². The summed E-state index contributed by atoms with van der Waals surface area (Å²) in [5, 5.41) is 20.5. The first-order chi connectivity index (χ1) is 6.26. The maximum Gasteiger partial charge on any atom is 0.320 e. The topological polar surface area (TPSA) is 78.8 Å². The van der Waals surface area contributed by atoms with Crippen molar-refractivity contribution >= 4 is 5.97 Å². The van der Waals surface area contributed by atoms with Gasteiger partial charge in [-0.15, -0.1) is 0 Å². The van der Waals surface area contributed by atoms with Gasteiger partial charge in [-0.1, -0.05) is 6.92 Å². The normalized spacial score (nSPS) is 16.4. The lowest BCUT2D eigenvalue weighted by Gasteiger charge is -2.26. The number of rotatable bonds is 5. The number of aliphatic hydroxyl groups excluding tert-OH is 1. The minimum atomic E-state index is -1.25. The molecule has 0 fully saturated rings. The number of hydrogen-bond acceptors (Lipinski definition) is 4. The summed E-state index contributed by atoms with van der Waals surface area (Å²) in [6, 6.07) is -0.785. The summed E-state index contributed by atoms with van der Waals surface area (Å²) in [7, 11) is 0. The molecule has 3 N–H and O–H groups in total. The predicted molar refractivity (Wildman–Crippen MR) is 51.7 cm³/mol. The van der Waals surface area contributed by atoms with Gasteiger partial charge in [0, 0.05) is 0 Å². The Labute approximate surface area is 84.1 Å². The number of carboxylic acids is 1. The molecule has 0 aliphatic rings. The predicted octanol–water partition coefficient (Wildman–Crippen LogP) is 0.530. The summed E-state index contributed by atoms with van der Waals surface area (Å²) in [4.78, 5) is 10.6. The Kier molecular flexibility index (Phi) is 5.04. The average molecular weight is 205 g/mol. The van der Waals surface area contributed by atoms with Crippen molar-refractivity contribution < 1.29 is 19.7 Å². The van der Waals surface area contributed by atoms with E-state index in [1.165, 1.54) is 0 Å². The molecule has 0 amide bonds. The van der Waals surface area contributed by atoms with Crippen molar-refractivity contribution in [3.63, 3.8) is 0 Å². The van der Waals surface area contributed by atoms with Crippen LogP contribution >= 0.6 is 0 Å². The highest BCUT2D eigenvalue weighted by atomic mass is 16.6. The van der Waals surface area contributed by atoms with E-state index in [2.05, 4.69) is 5.32 Å². The number of hydrogen-bond donors (Lipinski definition) is 3. The lowest BCUT2D eigenvalue weighted by Crippen LogP contribution is -2.46.